The van der Waals surface area contributed by atoms with Crippen LogP contribution in [0.1, 0.15) is 28.8 Å². The highest BCUT2D eigenvalue weighted by molar-refractivity contribution is 8.03. The Bertz CT molecular complexity index is 2410. The minimum Gasteiger partial charge on any atom is -0.504 e. The summed E-state index contributed by atoms with van der Waals surface area (Å²) in [5.41, 5.74) is 8.59. The number of nitrogens with one attached hydrogen (secondary N) is 3. The smallest absolute Gasteiger partial charge is 0.352 e. The number of nitrogens with zero attached hydrogens (tertiary/aromatic N) is 7. The second kappa shape index (κ2) is 15.9. The number of phenols is 2. The van der Waals surface area contributed by atoms with Crippen LogP contribution < -0.4 is 22.1 Å². The Morgan fingerprint density at radius 3 is 2.70 bits per heavy atom. The Morgan fingerprint density at radius 1 is 1.18 bits per heavy atom. The van der Waals surface area contributed by atoms with Gasteiger partial charge in [0.2, 0.25) is 0 Å². The number of esters is 1. The van der Waals surface area contributed by atoms with E-state index in [2.05, 4.69) is 36.0 Å². The van der Waals surface area contributed by atoms with Gasteiger partial charge in [-0.2, -0.15) is 0 Å². The number of allylic oxidation sites excluding steroid dienone is 1. The summed E-state index contributed by atoms with van der Waals surface area (Å²) in [5.74, 6) is -4.23. The van der Waals surface area contributed by atoms with Crippen molar-refractivity contribution in [1.29, 1.82) is 0 Å². The number of phenolic OH excluding ortho intramolecular Hbond substituents is 2. The lowest BCUT2D eigenvalue weighted by Crippen LogP contribution is -2.71. The number of aromatic nitrogens is 3. The van der Waals surface area contributed by atoms with E-state index in [1.807, 2.05) is 0 Å². The summed E-state index contributed by atoms with van der Waals surface area (Å²) in [6.45, 7) is 1.12. The van der Waals surface area contributed by atoms with Crippen LogP contribution in [-0.4, -0.2) is 115 Å². The van der Waals surface area contributed by atoms with Gasteiger partial charge in [-0.05, 0) is 36.8 Å². The molecular weight excluding hydrogens is 811 g/mol. The standard InChI is InChI=1S/C32H29N11O11S3/c1-13-4-22(43-21(35-13)7-41(40-43)12-53-31(52)14-2-3-17(44)18(45)5-14)55-9-15-10-56-29-24(28(49)42(29)25(15)30(50)51)38-27(48)23(16-11-57-32(33)36-16)39-54-8-20-34-6-19(46)26(47)37-20/h2-7,11,24,29,40,44-46H,8-10,12H2,1H3,(H2,33,36)(H,38,48)(H,50,51)(H,34,37,47)/t24-,29-/m1/s1. The number of ether oxygens (including phenoxy) is 1. The van der Waals surface area contributed by atoms with Gasteiger partial charge < -0.3 is 46.0 Å². The second-order valence-electron chi connectivity index (χ2n) is 12.1. The van der Waals surface area contributed by atoms with Crippen molar-refractivity contribution in [2.24, 2.45) is 10.1 Å². The molecule has 1 saturated heterocycles. The van der Waals surface area contributed by atoms with Gasteiger partial charge >= 0.3 is 11.9 Å². The van der Waals surface area contributed by atoms with E-state index in [1.54, 1.807) is 24.2 Å². The molecule has 7 rings (SSSR count). The summed E-state index contributed by atoms with van der Waals surface area (Å²) in [6.07, 6.45) is 4.28. The number of amides is 2. The van der Waals surface area contributed by atoms with Crippen LogP contribution >= 0.6 is 34.9 Å². The number of anilines is 1. The Balaban J connectivity index is 0.990. The molecule has 0 bridgehead atoms. The van der Waals surface area contributed by atoms with E-state index in [0.717, 1.165) is 34.6 Å². The number of thiazole rings is 1. The van der Waals surface area contributed by atoms with Crippen molar-refractivity contribution in [2.45, 2.75) is 24.9 Å². The molecule has 0 radical (unpaired) electrons. The number of hydrazine groups is 2. The van der Waals surface area contributed by atoms with Crippen LogP contribution in [0, 0.1) is 0 Å². The highest BCUT2D eigenvalue weighted by Gasteiger charge is 2.54. The maximum Gasteiger partial charge on any atom is 0.352 e. The molecule has 1 aromatic carbocycles. The number of aliphatic carboxylic acids is 1. The average Bonchev–Trinajstić information content (AvgIpc) is 3.80. The van der Waals surface area contributed by atoms with Crippen LogP contribution in [0.15, 0.2) is 79.1 Å². The number of aliphatic imine (C=N–C) groups is 1. The van der Waals surface area contributed by atoms with Crippen molar-refractivity contribution >= 4 is 75.2 Å². The summed E-state index contributed by atoms with van der Waals surface area (Å²) in [6, 6.07) is 2.42. The van der Waals surface area contributed by atoms with Crippen molar-refractivity contribution in [3.8, 4) is 17.2 Å². The van der Waals surface area contributed by atoms with E-state index >= 15 is 0 Å². The molecule has 0 spiro atoms. The molecule has 3 aromatic rings. The maximum atomic E-state index is 13.5. The third-order valence-corrected chi connectivity index (χ3v) is 11.3. The maximum absolute atomic E-state index is 13.5. The Labute approximate surface area is 332 Å². The molecule has 296 valence electrons. The molecular formula is C32H29N11O11S3. The van der Waals surface area contributed by atoms with Crippen LogP contribution in [0.4, 0.5) is 5.13 Å². The number of rotatable bonds is 13. The number of hydrogen-bond acceptors (Lipinski definition) is 21. The van der Waals surface area contributed by atoms with Gasteiger partial charge in [-0.3, -0.25) is 24.3 Å². The molecule has 2 atom stereocenters. The fraction of sp³-hybridized carbons (Fsp3) is 0.219. The zero-order valence-corrected chi connectivity index (χ0v) is 31.6. The summed E-state index contributed by atoms with van der Waals surface area (Å²) in [7, 11) is 0. The number of thioether (sulfide) groups is 2. The predicted molar refractivity (Wildman–Crippen MR) is 203 cm³/mol. The van der Waals surface area contributed by atoms with E-state index in [9.17, 15) is 44.4 Å². The molecule has 25 heteroatoms. The molecule has 1 fully saturated rings. The highest BCUT2D eigenvalue weighted by atomic mass is 32.2. The number of H-pyrrole nitrogens is 1. The number of oxime groups is 1. The van der Waals surface area contributed by atoms with E-state index < -0.39 is 58.8 Å². The number of fused-ring (bicyclic) bond motifs is 2. The quantitative estimate of drug-likeness (QED) is 0.0377. The first-order valence-corrected chi connectivity index (χ1v) is 19.2. The third-order valence-electron chi connectivity index (χ3n) is 8.22. The zero-order chi connectivity index (χ0) is 40.5. The molecule has 4 aliphatic heterocycles. The number of aromatic hydroxyl groups is 3. The number of nitrogen functional groups attached to an aromatic ring is 1. The number of carbonyl (C=O) groups is 4. The molecule has 0 aliphatic carbocycles. The van der Waals surface area contributed by atoms with E-state index in [4.69, 9.17) is 15.3 Å². The normalized spacial score (nSPS) is 18.9. The number of benzene rings is 1. The van der Waals surface area contributed by atoms with Crippen LogP contribution in [0.2, 0.25) is 0 Å². The van der Waals surface area contributed by atoms with Crippen LogP contribution in [-0.2, 0) is 30.6 Å². The molecule has 22 nitrogen and oxygen atoms in total. The van der Waals surface area contributed by atoms with E-state index in [0.29, 0.717) is 22.1 Å². The first kappa shape index (κ1) is 38.7. The first-order valence-electron chi connectivity index (χ1n) is 16.3. The number of hydrogen-bond donors (Lipinski definition) is 8. The number of carboxylic acid groups (broad SMARTS) is 1. The summed E-state index contributed by atoms with van der Waals surface area (Å²) in [4.78, 5) is 84.8. The molecule has 57 heavy (non-hydrogen) atoms. The lowest BCUT2D eigenvalue weighted by Gasteiger charge is -2.49. The van der Waals surface area contributed by atoms with Gasteiger partial charge in [-0.25, -0.2) is 29.6 Å². The van der Waals surface area contributed by atoms with Crippen molar-refractivity contribution in [3.63, 3.8) is 0 Å². The largest absolute Gasteiger partial charge is 0.504 e. The number of β-lactam (4-membered cyclic amide) rings is 1. The minimum absolute atomic E-state index is 0.00306. The Hall–Kier alpha value is -6.57. The topological polar surface area (TPSA) is 311 Å². The van der Waals surface area contributed by atoms with Crippen molar-refractivity contribution in [3.05, 3.63) is 91.6 Å². The lowest BCUT2D eigenvalue weighted by molar-refractivity contribution is -0.150. The van der Waals surface area contributed by atoms with E-state index in [1.165, 1.54) is 40.0 Å². The van der Waals surface area contributed by atoms with Crippen molar-refractivity contribution in [1.82, 2.24) is 40.7 Å². The summed E-state index contributed by atoms with van der Waals surface area (Å²) in [5, 5.41) is 49.8. The minimum atomic E-state index is -1.33. The number of carbonyl (C=O) groups excluding carboxylic acids is 3. The monoisotopic (exact) mass is 839 g/mol. The van der Waals surface area contributed by atoms with Crippen molar-refractivity contribution in [2.75, 3.05) is 24.0 Å². The second-order valence-corrected chi connectivity index (χ2v) is 15.1. The summed E-state index contributed by atoms with van der Waals surface area (Å²) >= 11 is 3.56. The molecule has 9 N–H and O–H groups in total. The van der Waals surface area contributed by atoms with Crippen molar-refractivity contribution < 1.29 is 49.2 Å². The Kier molecular flexibility index (Phi) is 10.8. The molecule has 4 aliphatic rings. The molecule has 2 amide bonds. The van der Waals surface area contributed by atoms with Crippen LogP contribution in [0.25, 0.3) is 0 Å². The highest BCUT2D eigenvalue weighted by Crippen LogP contribution is 2.42. The third kappa shape index (κ3) is 8.06. The van der Waals surface area contributed by atoms with Gasteiger partial charge in [-0.15, -0.1) is 40.4 Å². The van der Waals surface area contributed by atoms with Gasteiger partial charge in [0.15, 0.2) is 47.3 Å². The van der Waals surface area contributed by atoms with Crippen LogP contribution in [0.5, 0.6) is 17.2 Å². The fourth-order valence-corrected chi connectivity index (χ4v) is 8.66. The molecule has 2 aromatic heterocycles. The van der Waals surface area contributed by atoms with Gasteiger partial charge in [-0.1, -0.05) is 5.16 Å². The number of aromatic amines is 1. The predicted octanol–water partition coefficient (Wildman–Crippen LogP) is 0.285. The molecule has 6 heterocycles. The van der Waals surface area contributed by atoms with Gasteiger partial charge in [0.1, 0.15) is 28.6 Å². The zero-order valence-electron chi connectivity index (χ0n) is 29.1. The van der Waals surface area contributed by atoms with E-state index in [-0.39, 0.29) is 57.6 Å². The number of carboxylic acids is 1. The molecule has 0 unspecified atom stereocenters. The first-order chi connectivity index (χ1) is 27.3. The lowest BCUT2D eigenvalue weighted by atomic mass is 10.0. The van der Waals surface area contributed by atoms with Gasteiger partial charge in [0, 0.05) is 22.6 Å². The van der Waals surface area contributed by atoms with Gasteiger partial charge in [0.05, 0.1) is 23.0 Å². The van der Waals surface area contributed by atoms with Crippen LogP contribution in [0.3, 0.4) is 0 Å². The number of nitrogens with two attached hydrogens (primary N) is 1. The fourth-order valence-electron chi connectivity index (χ4n) is 5.56. The Morgan fingerprint density at radius 2 is 1.98 bits per heavy atom. The summed E-state index contributed by atoms with van der Waals surface area (Å²) < 4.78 is 5.33. The van der Waals surface area contributed by atoms with Gasteiger partial charge in [0.25, 0.3) is 17.4 Å². The average molecular weight is 840 g/mol. The SMILES string of the molecule is CC1=NC2=CN(COC(=O)c3ccc(O)c(O)c3)NN2C(SCC2=C(C(=O)O)N3C(=O)[C@@H](NC(=O)C(=NOCc4ncc(O)c(=O)[nH]4)c4csc(N)n4)[C@H]3SC2)=C1. The molecule has 0 saturated carbocycles.